The third-order valence-electron chi connectivity index (χ3n) is 4.00. The molecule has 134 valence electrons. The first-order chi connectivity index (χ1) is 11.2. The number of nitro groups is 1. The molecular formula is C14H20N2O6S2. The number of nitrogens with zero attached hydrogens (tertiary/aromatic N) is 2. The summed E-state index contributed by atoms with van der Waals surface area (Å²) < 4.78 is 50.4. The predicted molar refractivity (Wildman–Crippen MR) is 89.0 cm³/mol. The van der Waals surface area contributed by atoms with Gasteiger partial charge in [0.15, 0.2) is 9.84 Å². The van der Waals surface area contributed by atoms with Crippen LogP contribution in [-0.4, -0.2) is 50.2 Å². The Labute approximate surface area is 141 Å². The Balaban J connectivity index is 2.34. The Kier molecular flexibility index (Phi) is 5.61. The predicted octanol–water partition coefficient (Wildman–Crippen LogP) is 1.57. The monoisotopic (exact) mass is 376 g/mol. The van der Waals surface area contributed by atoms with E-state index in [2.05, 4.69) is 0 Å². The van der Waals surface area contributed by atoms with E-state index in [0.29, 0.717) is 6.42 Å². The summed E-state index contributed by atoms with van der Waals surface area (Å²) in [7, 11) is -7.12. The van der Waals surface area contributed by atoms with E-state index in [0.717, 1.165) is 18.6 Å². The van der Waals surface area contributed by atoms with Crippen molar-refractivity contribution in [2.45, 2.75) is 37.1 Å². The van der Waals surface area contributed by atoms with Gasteiger partial charge in [-0.2, -0.15) is 4.31 Å². The summed E-state index contributed by atoms with van der Waals surface area (Å²) in [6.45, 7) is 2.15. The number of hydrogen-bond donors (Lipinski definition) is 0. The highest BCUT2D eigenvalue weighted by molar-refractivity contribution is 7.92. The van der Waals surface area contributed by atoms with Gasteiger partial charge in [0.25, 0.3) is 5.69 Å². The van der Waals surface area contributed by atoms with E-state index >= 15 is 0 Å². The third-order valence-corrected chi connectivity index (χ3v) is 7.72. The molecule has 0 N–H and O–H groups in total. The van der Waals surface area contributed by atoms with Crippen LogP contribution in [0.15, 0.2) is 29.2 Å². The highest BCUT2D eigenvalue weighted by Gasteiger charge is 2.38. The number of nitro benzene ring substituents is 1. The summed E-state index contributed by atoms with van der Waals surface area (Å²) >= 11 is 0. The second-order valence-corrected chi connectivity index (χ2v) is 9.90. The van der Waals surface area contributed by atoms with Crippen LogP contribution in [0.2, 0.25) is 0 Å². The summed E-state index contributed by atoms with van der Waals surface area (Å²) in [6, 6.07) is 4.07. The van der Waals surface area contributed by atoms with Crippen LogP contribution in [0, 0.1) is 10.1 Å². The maximum atomic E-state index is 12.9. The van der Waals surface area contributed by atoms with E-state index in [-0.39, 0.29) is 35.1 Å². The van der Waals surface area contributed by atoms with Gasteiger partial charge in [-0.3, -0.25) is 10.1 Å². The van der Waals surface area contributed by atoms with E-state index in [1.807, 2.05) is 6.92 Å². The summed E-state index contributed by atoms with van der Waals surface area (Å²) in [5.74, 6) is -0.195. The Morgan fingerprint density at radius 2 is 1.92 bits per heavy atom. The quantitative estimate of drug-likeness (QED) is 0.527. The Morgan fingerprint density at radius 1 is 1.29 bits per heavy atom. The lowest BCUT2D eigenvalue weighted by molar-refractivity contribution is -0.384. The summed E-state index contributed by atoms with van der Waals surface area (Å²) in [5.41, 5.74) is -0.197. The molecular weight excluding hydrogens is 356 g/mol. The van der Waals surface area contributed by atoms with Gasteiger partial charge in [0, 0.05) is 24.7 Å². The molecule has 1 aromatic rings. The van der Waals surface area contributed by atoms with Gasteiger partial charge in [-0.05, 0) is 25.0 Å². The first-order valence-corrected chi connectivity index (χ1v) is 10.9. The molecule has 1 unspecified atom stereocenters. The van der Waals surface area contributed by atoms with Gasteiger partial charge >= 0.3 is 0 Å². The molecule has 0 amide bonds. The summed E-state index contributed by atoms with van der Waals surface area (Å²) in [4.78, 5) is 10.0. The number of hydrogen-bond acceptors (Lipinski definition) is 6. The van der Waals surface area contributed by atoms with Crippen molar-refractivity contribution < 1.29 is 21.8 Å². The lowest BCUT2D eigenvalue weighted by Gasteiger charge is -2.27. The fraction of sp³-hybridized carbons (Fsp3) is 0.571. The summed E-state index contributed by atoms with van der Waals surface area (Å²) in [6.07, 6.45) is 1.66. The zero-order chi connectivity index (χ0) is 18.0. The smallest absolute Gasteiger partial charge is 0.258 e. The van der Waals surface area contributed by atoms with Crippen LogP contribution >= 0.6 is 0 Å². The zero-order valence-corrected chi connectivity index (χ0v) is 14.9. The van der Waals surface area contributed by atoms with Crippen molar-refractivity contribution in [1.82, 2.24) is 4.31 Å². The van der Waals surface area contributed by atoms with Crippen LogP contribution < -0.4 is 0 Å². The molecule has 1 aromatic carbocycles. The van der Waals surface area contributed by atoms with Crippen molar-refractivity contribution in [2.24, 2.45) is 0 Å². The first-order valence-electron chi connectivity index (χ1n) is 7.64. The number of sulfonamides is 1. The van der Waals surface area contributed by atoms with Crippen LogP contribution in [0.3, 0.4) is 0 Å². The average Bonchev–Trinajstić information content (AvgIpc) is 2.87. The van der Waals surface area contributed by atoms with Crippen molar-refractivity contribution >= 4 is 25.5 Å². The standard InChI is InChI=1S/C14H20N2O6S2/c1-2-3-9-15(13-8-10-23(19,20)11-13)24(21,22)14-6-4-12(5-7-14)16(17)18/h4-7,13H,2-3,8-11H2,1H3. The van der Waals surface area contributed by atoms with Gasteiger partial charge in [0.05, 0.1) is 21.3 Å². The number of non-ortho nitro benzene ring substituents is 1. The van der Waals surface area contributed by atoms with Crippen LogP contribution in [0.5, 0.6) is 0 Å². The SMILES string of the molecule is CCCCN(C1CCS(=O)(=O)C1)S(=O)(=O)c1ccc([N+](=O)[O-])cc1. The molecule has 8 nitrogen and oxygen atoms in total. The Hall–Kier alpha value is -1.52. The lowest BCUT2D eigenvalue weighted by Crippen LogP contribution is -2.41. The van der Waals surface area contributed by atoms with Crippen molar-refractivity contribution in [1.29, 1.82) is 0 Å². The number of benzene rings is 1. The first kappa shape index (κ1) is 18.8. The molecule has 1 atom stereocenters. The lowest BCUT2D eigenvalue weighted by atomic mass is 10.2. The van der Waals surface area contributed by atoms with Gasteiger partial charge in [-0.15, -0.1) is 0 Å². The number of unbranched alkanes of at least 4 members (excludes halogenated alkanes) is 1. The average molecular weight is 376 g/mol. The molecule has 1 saturated heterocycles. The van der Waals surface area contributed by atoms with Crippen molar-refractivity contribution in [2.75, 3.05) is 18.1 Å². The maximum absolute atomic E-state index is 12.9. The van der Waals surface area contributed by atoms with E-state index < -0.39 is 30.8 Å². The molecule has 0 spiro atoms. The minimum absolute atomic E-state index is 0.0178. The molecule has 1 fully saturated rings. The van der Waals surface area contributed by atoms with Crippen LogP contribution in [-0.2, 0) is 19.9 Å². The Bertz CT molecular complexity index is 802. The van der Waals surface area contributed by atoms with Gasteiger partial charge in [0.2, 0.25) is 10.0 Å². The molecule has 2 rings (SSSR count). The highest BCUT2D eigenvalue weighted by Crippen LogP contribution is 2.26. The topological polar surface area (TPSA) is 115 Å². The third kappa shape index (κ3) is 4.11. The highest BCUT2D eigenvalue weighted by atomic mass is 32.2. The molecule has 1 aliphatic heterocycles. The second kappa shape index (κ2) is 7.16. The fourth-order valence-electron chi connectivity index (χ4n) is 2.69. The summed E-state index contributed by atoms with van der Waals surface area (Å²) in [5, 5.41) is 10.7. The van der Waals surface area contributed by atoms with E-state index in [9.17, 15) is 26.9 Å². The molecule has 10 heteroatoms. The minimum atomic E-state index is -3.90. The van der Waals surface area contributed by atoms with Crippen LogP contribution in [0.4, 0.5) is 5.69 Å². The van der Waals surface area contributed by atoms with Gasteiger partial charge < -0.3 is 0 Å². The molecule has 0 aromatic heterocycles. The zero-order valence-electron chi connectivity index (χ0n) is 13.3. The van der Waals surface area contributed by atoms with Crippen molar-refractivity contribution in [3.05, 3.63) is 34.4 Å². The largest absolute Gasteiger partial charge is 0.269 e. The number of rotatable bonds is 7. The van der Waals surface area contributed by atoms with Crippen molar-refractivity contribution in [3.8, 4) is 0 Å². The second-order valence-electron chi connectivity index (χ2n) is 5.78. The minimum Gasteiger partial charge on any atom is -0.258 e. The van der Waals surface area contributed by atoms with Gasteiger partial charge in [0.1, 0.15) is 0 Å². The normalized spacial score (nSPS) is 20.3. The van der Waals surface area contributed by atoms with Crippen LogP contribution in [0.1, 0.15) is 26.2 Å². The molecule has 24 heavy (non-hydrogen) atoms. The molecule has 0 bridgehead atoms. The number of sulfone groups is 1. The molecule has 0 radical (unpaired) electrons. The van der Waals surface area contributed by atoms with E-state index in [1.54, 1.807) is 0 Å². The molecule has 0 aliphatic carbocycles. The maximum Gasteiger partial charge on any atom is 0.269 e. The molecule has 1 aliphatic rings. The Morgan fingerprint density at radius 3 is 2.38 bits per heavy atom. The van der Waals surface area contributed by atoms with Crippen molar-refractivity contribution in [3.63, 3.8) is 0 Å². The van der Waals surface area contributed by atoms with E-state index in [4.69, 9.17) is 0 Å². The van der Waals surface area contributed by atoms with Gasteiger partial charge in [-0.1, -0.05) is 13.3 Å². The van der Waals surface area contributed by atoms with E-state index in [1.165, 1.54) is 16.4 Å². The van der Waals surface area contributed by atoms with Crippen LogP contribution in [0.25, 0.3) is 0 Å². The molecule has 0 saturated carbocycles. The fourth-order valence-corrected chi connectivity index (χ4v) is 6.21. The van der Waals surface area contributed by atoms with Gasteiger partial charge in [-0.25, -0.2) is 16.8 Å². The molecule has 1 heterocycles.